The van der Waals surface area contributed by atoms with Gasteiger partial charge in [-0.1, -0.05) is 18.9 Å². The lowest BCUT2D eigenvalue weighted by Gasteiger charge is -2.26. The molecule has 1 aliphatic carbocycles. The van der Waals surface area contributed by atoms with Crippen LogP contribution in [0.5, 0.6) is 0 Å². The van der Waals surface area contributed by atoms with Gasteiger partial charge in [-0.15, -0.1) is 11.3 Å². The number of hydrogen-bond donors (Lipinski definition) is 1. The Balaban J connectivity index is 2.14. The van der Waals surface area contributed by atoms with Gasteiger partial charge in [0, 0.05) is 4.88 Å². The van der Waals surface area contributed by atoms with Gasteiger partial charge in [0.2, 0.25) is 0 Å². The molecule has 0 aromatic carbocycles. The van der Waals surface area contributed by atoms with E-state index in [0.717, 1.165) is 30.6 Å². The van der Waals surface area contributed by atoms with E-state index in [9.17, 15) is 22.4 Å². The van der Waals surface area contributed by atoms with E-state index in [1.165, 1.54) is 11.3 Å². The molecule has 1 aliphatic rings. The standard InChI is InChI=1S/C13H15F4NOS/c14-11(15)13(16,17)12(19)18-10(8-4-1-2-5-8)9-6-3-7-20-9/h3,6-8,10-11H,1-2,4-5H2,(H,18,19). The third-order valence-electron chi connectivity index (χ3n) is 3.58. The highest BCUT2D eigenvalue weighted by Gasteiger charge is 2.50. The summed E-state index contributed by atoms with van der Waals surface area (Å²) in [5, 5.41) is 3.90. The summed E-state index contributed by atoms with van der Waals surface area (Å²) >= 11 is 1.33. The highest BCUT2D eigenvalue weighted by Crippen LogP contribution is 2.38. The van der Waals surface area contributed by atoms with Gasteiger partial charge >= 0.3 is 12.3 Å². The van der Waals surface area contributed by atoms with Crippen molar-refractivity contribution >= 4 is 17.2 Å². The quantitative estimate of drug-likeness (QED) is 0.819. The van der Waals surface area contributed by atoms with Gasteiger partial charge in [-0.3, -0.25) is 4.79 Å². The lowest BCUT2D eigenvalue weighted by atomic mass is 9.96. The van der Waals surface area contributed by atoms with Gasteiger partial charge in [-0.2, -0.15) is 8.78 Å². The zero-order chi connectivity index (χ0) is 14.8. The molecular formula is C13H15F4NOS. The fourth-order valence-corrected chi connectivity index (χ4v) is 3.39. The molecule has 1 amide bonds. The Kier molecular flexibility index (Phi) is 4.67. The Hall–Kier alpha value is -1.11. The van der Waals surface area contributed by atoms with E-state index in [1.807, 2.05) is 0 Å². The number of rotatable bonds is 5. The van der Waals surface area contributed by atoms with Gasteiger partial charge in [0.15, 0.2) is 0 Å². The normalized spacial score (nSPS) is 18.4. The Morgan fingerprint density at radius 1 is 1.35 bits per heavy atom. The van der Waals surface area contributed by atoms with Crippen molar-refractivity contribution in [2.45, 2.75) is 44.1 Å². The molecule has 2 nitrogen and oxygen atoms in total. The molecule has 20 heavy (non-hydrogen) atoms. The second-order valence-corrected chi connectivity index (χ2v) is 5.91. The lowest BCUT2D eigenvalue weighted by molar-refractivity contribution is -0.170. The maximum absolute atomic E-state index is 13.1. The largest absolute Gasteiger partial charge is 0.383 e. The topological polar surface area (TPSA) is 29.1 Å². The van der Waals surface area contributed by atoms with Crippen molar-refractivity contribution in [2.24, 2.45) is 5.92 Å². The number of carbonyl (C=O) groups excluding carboxylic acids is 1. The first kappa shape index (κ1) is 15.3. The molecule has 1 atom stereocenters. The fraction of sp³-hybridized carbons (Fsp3) is 0.615. The van der Waals surface area contributed by atoms with Crippen LogP contribution < -0.4 is 5.32 Å². The van der Waals surface area contributed by atoms with E-state index in [-0.39, 0.29) is 5.92 Å². The second-order valence-electron chi connectivity index (χ2n) is 4.93. The van der Waals surface area contributed by atoms with Gasteiger partial charge in [0.05, 0.1) is 6.04 Å². The zero-order valence-electron chi connectivity index (χ0n) is 10.6. The van der Waals surface area contributed by atoms with E-state index in [0.29, 0.717) is 0 Å². The molecular weight excluding hydrogens is 294 g/mol. The van der Waals surface area contributed by atoms with Crippen molar-refractivity contribution in [2.75, 3.05) is 0 Å². The Labute approximate surface area is 118 Å². The minimum Gasteiger partial charge on any atom is -0.343 e. The molecule has 7 heteroatoms. The van der Waals surface area contributed by atoms with E-state index < -0.39 is 24.3 Å². The first-order valence-corrected chi connectivity index (χ1v) is 7.31. The van der Waals surface area contributed by atoms with Crippen molar-refractivity contribution in [3.63, 3.8) is 0 Å². The van der Waals surface area contributed by atoms with Crippen LogP contribution in [0, 0.1) is 5.92 Å². The van der Waals surface area contributed by atoms with Crippen LogP contribution in [-0.4, -0.2) is 18.3 Å². The van der Waals surface area contributed by atoms with Gasteiger partial charge < -0.3 is 5.32 Å². The van der Waals surface area contributed by atoms with Crippen molar-refractivity contribution < 1.29 is 22.4 Å². The highest BCUT2D eigenvalue weighted by atomic mass is 32.1. The number of halogens is 4. The van der Waals surface area contributed by atoms with Crippen LogP contribution in [-0.2, 0) is 4.79 Å². The molecule has 0 radical (unpaired) electrons. The molecule has 1 fully saturated rings. The predicted molar refractivity (Wildman–Crippen MR) is 68.1 cm³/mol. The second kappa shape index (κ2) is 6.11. The fourth-order valence-electron chi connectivity index (χ4n) is 2.52. The summed E-state index contributed by atoms with van der Waals surface area (Å²) in [5.41, 5.74) is 0. The van der Waals surface area contributed by atoms with Gasteiger partial charge in [0.25, 0.3) is 5.91 Å². The molecule has 1 heterocycles. The molecule has 2 rings (SSSR count). The molecule has 1 aromatic heterocycles. The van der Waals surface area contributed by atoms with Crippen LogP contribution in [0.3, 0.4) is 0 Å². The van der Waals surface area contributed by atoms with Crippen LogP contribution in [0.1, 0.15) is 36.6 Å². The van der Waals surface area contributed by atoms with Crippen LogP contribution in [0.4, 0.5) is 17.6 Å². The molecule has 0 aliphatic heterocycles. The van der Waals surface area contributed by atoms with Crippen molar-refractivity contribution in [3.05, 3.63) is 22.4 Å². The van der Waals surface area contributed by atoms with E-state index >= 15 is 0 Å². The number of nitrogens with one attached hydrogen (secondary N) is 1. The van der Waals surface area contributed by atoms with Crippen molar-refractivity contribution in [1.29, 1.82) is 0 Å². The molecule has 1 unspecified atom stereocenters. The zero-order valence-corrected chi connectivity index (χ0v) is 11.4. The SMILES string of the molecule is O=C(NC(c1cccs1)C1CCCC1)C(F)(F)C(F)F. The van der Waals surface area contributed by atoms with Crippen LogP contribution in [0.25, 0.3) is 0 Å². The Morgan fingerprint density at radius 2 is 2.00 bits per heavy atom. The third-order valence-corrected chi connectivity index (χ3v) is 4.54. The number of thiophene rings is 1. The smallest absolute Gasteiger partial charge is 0.343 e. The van der Waals surface area contributed by atoms with Crippen LogP contribution >= 0.6 is 11.3 Å². The van der Waals surface area contributed by atoms with E-state index in [2.05, 4.69) is 5.32 Å². The molecule has 1 aromatic rings. The highest BCUT2D eigenvalue weighted by molar-refractivity contribution is 7.10. The van der Waals surface area contributed by atoms with Gasteiger partial charge in [0.1, 0.15) is 0 Å². The summed E-state index contributed by atoms with van der Waals surface area (Å²) in [5.74, 6) is -6.50. The molecule has 1 N–H and O–H groups in total. The van der Waals surface area contributed by atoms with Crippen LogP contribution in [0.2, 0.25) is 0 Å². The Morgan fingerprint density at radius 3 is 2.50 bits per heavy atom. The first-order chi connectivity index (χ1) is 9.43. The monoisotopic (exact) mass is 309 g/mol. The van der Waals surface area contributed by atoms with E-state index in [1.54, 1.807) is 17.5 Å². The molecule has 0 spiro atoms. The van der Waals surface area contributed by atoms with Crippen LogP contribution in [0.15, 0.2) is 17.5 Å². The molecule has 0 saturated heterocycles. The number of alkyl halides is 4. The van der Waals surface area contributed by atoms with Gasteiger partial charge in [-0.05, 0) is 30.2 Å². The third kappa shape index (κ3) is 3.13. The minimum absolute atomic E-state index is 0.0334. The summed E-state index contributed by atoms with van der Waals surface area (Å²) in [6, 6.07) is 2.88. The number of amides is 1. The summed E-state index contributed by atoms with van der Waals surface area (Å²) in [7, 11) is 0. The lowest BCUT2D eigenvalue weighted by Crippen LogP contribution is -2.47. The molecule has 112 valence electrons. The average Bonchev–Trinajstić information content (AvgIpc) is 3.08. The van der Waals surface area contributed by atoms with Crippen molar-refractivity contribution in [1.82, 2.24) is 5.32 Å². The van der Waals surface area contributed by atoms with E-state index in [4.69, 9.17) is 0 Å². The maximum atomic E-state index is 13.1. The summed E-state index contributed by atoms with van der Waals surface area (Å²) in [6.07, 6.45) is -0.442. The van der Waals surface area contributed by atoms with Crippen molar-refractivity contribution in [3.8, 4) is 0 Å². The molecule has 0 bridgehead atoms. The van der Waals surface area contributed by atoms with Gasteiger partial charge in [-0.25, -0.2) is 8.78 Å². The predicted octanol–water partition coefficient (Wildman–Crippen LogP) is 4.00. The summed E-state index contributed by atoms with van der Waals surface area (Å²) < 4.78 is 50.6. The minimum atomic E-state index is -4.64. The average molecular weight is 309 g/mol. The number of hydrogen-bond acceptors (Lipinski definition) is 2. The summed E-state index contributed by atoms with van der Waals surface area (Å²) in [4.78, 5) is 12.2. The maximum Gasteiger partial charge on any atom is 0.383 e. The molecule has 1 saturated carbocycles. The first-order valence-electron chi connectivity index (χ1n) is 6.43. The summed E-state index contributed by atoms with van der Waals surface area (Å²) in [6.45, 7) is 0. The number of carbonyl (C=O) groups is 1. The Bertz CT molecular complexity index is 443.